The highest BCUT2D eigenvalue weighted by atomic mass is 19.1. The molecule has 2 aromatic rings. The molecule has 0 aliphatic rings. The van der Waals surface area contributed by atoms with Crippen LogP contribution in [-0.4, -0.2) is 23.0 Å². The topological polar surface area (TPSA) is 40.5 Å². The van der Waals surface area contributed by atoms with E-state index in [4.69, 9.17) is 0 Å². The first-order valence-electron chi connectivity index (χ1n) is 6.77. The predicted octanol–water partition coefficient (Wildman–Crippen LogP) is 3.29. The van der Waals surface area contributed by atoms with Gasteiger partial charge in [0.25, 0.3) is 0 Å². The Kier molecular flexibility index (Phi) is 4.58. The molecule has 0 fully saturated rings. The van der Waals surface area contributed by atoms with E-state index in [1.165, 1.54) is 11.0 Å². The Morgan fingerprint density at radius 2 is 1.95 bits per heavy atom. The van der Waals surface area contributed by atoms with Gasteiger partial charge in [-0.3, -0.25) is 4.79 Å². The lowest BCUT2D eigenvalue weighted by molar-refractivity contribution is -0.131. The van der Waals surface area contributed by atoms with E-state index in [0.29, 0.717) is 5.56 Å². The zero-order chi connectivity index (χ0) is 15.4. The fraction of sp³-hybridized carbons (Fsp3) is 0.235. The van der Waals surface area contributed by atoms with Crippen molar-refractivity contribution in [3.8, 4) is 5.75 Å². The summed E-state index contributed by atoms with van der Waals surface area (Å²) in [6, 6.07) is 12.7. The van der Waals surface area contributed by atoms with Gasteiger partial charge in [-0.1, -0.05) is 30.3 Å². The Hall–Kier alpha value is -2.36. The largest absolute Gasteiger partial charge is 0.508 e. The van der Waals surface area contributed by atoms with Crippen molar-refractivity contribution < 1.29 is 14.3 Å². The summed E-state index contributed by atoms with van der Waals surface area (Å²) in [6.07, 6.45) is 0.170. The van der Waals surface area contributed by atoms with E-state index >= 15 is 0 Å². The summed E-state index contributed by atoms with van der Waals surface area (Å²) in [5.41, 5.74) is 1.22. The van der Waals surface area contributed by atoms with Gasteiger partial charge in [-0.25, -0.2) is 4.39 Å². The Balaban J connectivity index is 2.10. The van der Waals surface area contributed by atoms with Crippen molar-refractivity contribution >= 4 is 5.91 Å². The first kappa shape index (κ1) is 15.0. The van der Waals surface area contributed by atoms with Gasteiger partial charge in [-0.2, -0.15) is 0 Å². The molecule has 0 aliphatic carbocycles. The monoisotopic (exact) mass is 287 g/mol. The quantitative estimate of drug-likeness (QED) is 0.937. The Labute approximate surface area is 123 Å². The van der Waals surface area contributed by atoms with Crippen LogP contribution in [0.5, 0.6) is 5.75 Å². The number of aromatic hydroxyl groups is 1. The van der Waals surface area contributed by atoms with Gasteiger partial charge >= 0.3 is 0 Å². The number of phenolic OH excluding ortho intramolecular Hbond substituents is 1. The molecule has 0 aliphatic heterocycles. The molecule has 1 amide bonds. The van der Waals surface area contributed by atoms with Crippen LogP contribution < -0.4 is 0 Å². The number of carbonyl (C=O) groups is 1. The number of carbonyl (C=O) groups excluding carboxylic acids is 1. The minimum absolute atomic E-state index is 0.128. The van der Waals surface area contributed by atoms with Crippen molar-refractivity contribution in [2.24, 2.45) is 0 Å². The van der Waals surface area contributed by atoms with Crippen LogP contribution in [0.15, 0.2) is 48.5 Å². The lowest BCUT2D eigenvalue weighted by atomic mass is 10.1. The molecule has 0 saturated heterocycles. The Bertz CT molecular complexity index is 642. The van der Waals surface area contributed by atoms with Gasteiger partial charge in [0.15, 0.2) is 0 Å². The van der Waals surface area contributed by atoms with Crippen LogP contribution >= 0.6 is 0 Å². The molecule has 0 bridgehead atoms. The number of amides is 1. The molecule has 0 spiro atoms. The summed E-state index contributed by atoms with van der Waals surface area (Å²) in [5.74, 6) is -0.316. The van der Waals surface area contributed by atoms with Crippen molar-refractivity contribution in [3.05, 3.63) is 65.5 Å². The summed E-state index contributed by atoms with van der Waals surface area (Å²) in [4.78, 5) is 13.8. The zero-order valence-corrected chi connectivity index (χ0v) is 12.1. The molecule has 0 saturated carbocycles. The second-order valence-corrected chi connectivity index (χ2v) is 5.05. The molecular weight excluding hydrogens is 269 g/mol. The molecule has 0 heterocycles. The molecule has 1 unspecified atom stereocenters. The second kappa shape index (κ2) is 6.39. The first-order valence-corrected chi connectivity index (χ1v) is 6.77. The number of likely N-dealkylation sites (N-methyl/N-ethyl adjacent to an activating group) is 1. The number of rotatable bonds is 4. The van der Waals surface area contributed by atoms with Gasteiger partial charge < -0.3 is 10.0 Å². The fourth-order valence-electron chi connectivity index (χ4n) is 2.20. The molecule has 21 heavy (non-hydrogen) atoms. The molecular formula is C17H18FNO2. The molecule has 3 nitrogen and oxygen atoms in total. The van der Waals surface area contributed by atoms with Crippen molar-refractivity contribution in [3.63, 3.8) is 0 Å². The number of hydrogen-bond acceptors (Lipinski definition) is 2. The maximum atomic E-state index is 13.8. The summed E-state index contributed by atoms with van der Waals surface area (Å²) >= 11 is 0. The SMILES string of the molecule is CC(c1ccccc1F)N(C)C(=O)Cc1cccc(O)c1. The first-order chi connectivity index (χ1) is 9.99. The van der Waals surface area contributed by atoms with Crippen molar-refractivity contribution in [2.75, 3.05) is 7.05 Å². The number of phenols is 1. The van der Waals surface area contributed by atoms with Crippen molar-refractivity contribution in [1.29, 1.82) is 0 Å². The third-order valence-electron chi connectivity index (χ3n) is 3.60. The smallest absolute Gasteiger partial charge is 0.227 e. The van der Waals surface area contributed by atoms with Crippen LogP contribution in [0.4, 0.5) is 4.39 Å². The van der Waals surface area contributed by atoms with Crippen LogP contribution in [-0.2, 0) is 11.2 Å². The summed E-state index contributed by atoms with van der Waals surface area (Å²) in [7, 11) is 1.65. The molecule has 1 N–H and O–H groups in total. The van der Waals surface area contributed by atoms with Gasteiger partial charge in [0.2, 0.25) is 5.91 Å². The third-order valence-corrected chi connectivity index (χ3v) is 3.60. The van der Waals surface area contributed by atoms with Gasteiger partial charge in [-0.05, 0) is 30.7 Å². The molecule has 1 atom stereocenters. The lowest BCUT2D eigenvalue weighted by Crippen LogP contribution is -2.31. The maximum Gasteiger partial charge on any atom is 0.227 e. The maximum absolute atomic E-state index is 13.8. The van der Waals surface area contributed by atoms with Crippen LogP contribution in [0.1, 0.15) is 24.1 Å². The summed E-state index contributed by atoms with van der Waals surface area (Å²) < 4.78 is 13.8. The number of halogens is 1. The number of hydrogen-bond donors (Lipinski definition) is 1. The molecule has 2 aromatic carbocycles. The van der Waals surface area contributed by atoms with Crippen LogP contribution in [0.2, 0.25) is 0 Å². The average molecular weight is 287 g/mol. The van der Waals surface area contributed by atoms with Crippen LogP contribution in [0.25, 0.3) is 0 Å². The highest BCUT2D eigenvalue weighted by Crippen LogP contribution is 2.22. The Morgan fingerprint density at radius 3 is 2.62 bits per heavy atom. The minimum Gasteiger partial charge on any atom is -0.508 e. The van der Waals surface area contributed by atoms with E-state index in [0.717, 1.165) is 5.56 Å². The highest BCUT2D eigenvalue weighted by molar-refractivity contribution is 5.79. The van der Waals surface area contributed by atoms with Gasteiger partial charge in [0, 0.05) is 12.6 Å². The number of benzene rings is 2. The van der Waals surface area contributed by atoms with E-state index in [1.807, 2.05) is 0 Å². The average Bonchev–Trinajstić information content (AvgIpc) is 2.46. The highest BCUT2D eigenvalue weighted by Gasteiger charge is 2.20. The third kappa shape index (κ3) is 3.60. The van der Waals surface area contributed by atoms with E-state index in [2.05, 4.69) is 0 Å². The van der Waals surface area contributed by atoms with Crippen LogP contribution in [0.3, 0.4) is 0 Å². The summed E-state index contributed by atoms with van der Waals surface area (Å²) in [5, 5.41) is 9.41. The minimum atomic E-state index is -0.351. The van der Waals surface area contributed by atoms with Gasteiger partial charge in [0.05, 0.1) is 12.5 Å². The second-order valence-electron chi connectivity index (χ2n) is 5.05. The molecule has 2 rings (SSSR count). The van der Waals surface area contributed by atoms with E-state index in [-0.39, 0.29) is 29.9 Å². The van der Waals surface area contributed by atoms with E-state index in [9.17, 15) is 14.3 Å². The molecule has 110 valence electrons. The van der Waals surface area contributed by atoms with Crippen LogP contribution in [0, 0.1) is 5.82 Å². The summed E-state index contributed by atoms with van der Waals surface area (Å²) in [6.45, 7) is 1.79. The standard InChI is InChI=1S/C17H18FNO2/c1-12(15-8-3-4-9-16(15)18)19(2)17(21)11-13-6-5-7-14(20)10-13/h3-10,12,20H,11H2,1-2H3. The van der Waals surface area contributed by atoms with Crippen molar-refractivity contribution in [1.82, 2.24) is 4.90 Å². The fourth-order valence-corrected chi connectivity index (χ4v) is 2.20. The Morgan fingerprint density at radius 1 is 1.24 bits per heavy atom. The molecule has 0 aromatic heterocycles. The zero-order valence-electron chi connectivity index (χ0n) is 12.1. The van der Waals surface area contributed by atoms with Crippen molar-refractivity contribution in [2.45, 2.75) is 19.4 Å². The van der Waals surface area contributed by atoms with E-state index < -0.39 is 0 Å². The number of nitrogens with zero attached hydrogens (tertiary/aromatic N) is 1. The lowest BCUT2D eigenvalue weighted by Gasteiger charge is -2.25. The van der Waals surface area contributed by atoms with Gasteiger partial charge in [0.1, 0.15) is 11.6 Å². The van der Waals surface area contributed by atoms with Gasteiger partial charge in [-0.15, -0.1) is 0 Å². The molecule has 4 heteroatoms. The molecule has 0 radical (unpaired) electrons. The predicted molar refractivity (Wildman–Crippen MR) is 79.4 cm³/mol. The van der Waals surface area contributed by atoms with E-state index in [1.54, 1.807) is 56.4 Å². The normalized spacial score (nSPS) is 12.0.